The van der Waals surface area contributed by atoms with Gasteiger partial charge in [0, 0.05) is 39.0 Å². The van der Waals surface area contributed by atoms with Crippen LogP contribution in [0.25, 0.3) is 0 Å². The van der Waals surface area contributed by atoms with Crippen LogP contribution in [-0.2, 0) is 18.9 Å². The van der Waals surface area contributed by atoms with E-state index in [1.807, 2.05) is 20.8 Å². The van der Waals surface area contributed by atoms with Crippen LogP contribution in [0.15, 0.2) is 0 Å². The summed E-state index contributed by atoms with van der Waals surface area (Å²) >= 11 is 0. The smallest absolute Gasteiger partial charge is 0.285 e. The standard InChI is InChI=1S/C35H72O4/c1-8-15-16-17-21-24-28-33(35(37-12-5,38-13-6)39-14-7)29-27-32-36-31-26-23-20-18-19-22-25-30-34(9-2,10-3)11-4/h33H,8-32H2,1-7H3. The predicted octanol–water partition coefficient (Wildman–Crippen LogP) is 11.3. The molecule has 0 heterocycles. The number of unbranched alkanes of at least 4 members (excludes halogenated alkanes) is 11. The first kappa shape index (κ1) is 38.8. The molecule has 0 aromatic carbocycles. The molecule has 39 heavy (non-hydrogen) atoms. The van der Waals surface area contributed by atoms with Crippen molar-refractivity contribution in [1.29, 1.82) is 0 Å². The topological polar surface area (TPSA) is 36.9 Å². The van der Waals surface area contributed by atoms with Crippen LogP contribution in [0, 0.1) is 11.3 Å². The van der Waals surface area contributed by atoms with Crippen LogP contribution >= 0.6 is 0 Å². The van der Waals surface area contributed by atoms with Gasteiger partial charge in [-0.1, -0.05) is 124 Å². The monoisotopic (exact) mass is 557 g/mol. The molecule has 0 N–H and O–H groups in total. The zero-order chi connectivity index (χ0) is 29.1. The van der Waals surface area contributed by atoms with Crippen LogP contribution in [0.2, 0.25) is 0 Å². The molecule has 0 radical (unpaired) electrons. The minimum absolute atomic E-state index is 0.240. The van der Waals surface area contributed by atoms with Gasteiger partial charge in [-0.3, -0.25) is 0 Å². The van der Waals surface area contributed by atoms with Gasteiger partial charge in [0.15, 0.2) is 0 Å². The van der Waals surface area contributed by atoms with Crippen molar-refractivity contribution in [3.63, 3.8) is 0 Å². The normalized spacial score (nSPS) is 13.3. The zero-order valence-electron chi connectivity index (χ0n) is 27.9. The predicted molar refractivity (Wildman–Crippen MR) is 169 cm³/mol. The van der Waals surface area contributed by atoms with E-state index >= 15 is 0 Å². The highest BCUT2D eigenvalue weighted by Crippen LogP contribution is 2.36. The Labute approximate surface area is 246 Å². The molecule has 0 aliphatic carbocycles. The third kappa shape index (κ3) is 18.1. The molecule has 4 heteroatoms. The molecule has 0 saturated heterocycles. The Hall–Kier alpha value is -0.160. The highest BCUT2D eigenvalue weighted by atomic mass is 16.9. The van der Waals surface area contributed by atoms with Gasteiger partial charge in [0.25, 0.3) is 5.97 Å². The maximum absolute atomic E-state index is 6.17. The third-order valence-corrected chi connectivity index (χ3v) is 9.03. The van der Waals surface area contributed by atoms with Gasteiger partial charge >= 0.3 is 0 Å². The van der Waals surface area contributed by atoms with E-state index < -0.39 is 5.97 Å². The molecule has 0 amide bonds. The van der Waals surface area contributed by atoms with Crippen LogP contribution in [0.5, 0.6) is 0 Å². The molecule has 0 aromatic heterocycles. The van der Waals surface area contributed by atoms with E-state index in [0.717, 1.165) is 32.5 Å². The molecular weight excluding hydrogens is 484 g/mol. The van der Waals surface area contributed by atoms with Crippen LogP contribution in [0.3, 0.4) is 0 Å². The summed E-state index contributed by atoms with van der Waals surface area (Å²) in [4.78, 5) is 0. The van der Waals surface area contributed by atoms with Crippen LogP contribution in [0.4, 0.5) is 0 Å². The van der Waals surface area contributed by atoms with Crippen molar-refractivity contribution < 1.29 is 18.9 Å². The average Bonchev–Trinajstić information content (AvgIpc) is 2.94. The Bertz CT molecular complexity index is 466. The summed E-state index contributed by atoms with van der Waals surface area (Å²) in [6.45, 7) is 19.0. The largest absolute Gasteiger partial charge is 0.381 e. The minimum Gasteiger partial charge on any atom is -0.381 e. The van der Waals surface area contributed by atoms with Gasteiger partial charge in [-0.15, -0.1) is 0 Å². The van der Waals surface area contributed by atoms with Gasteiger partial charge in [0.1, 0.15) is 0 Å². The van der Waals surface area contributed by atoms with Crippen LogP contribution in [-0.4, -0.2) is 39.0 Å². The fraction of sp³-hybridized carbons (Fsp3) is 1.00. The average molecular weight is 557 g/mol. The summed E-state index contributed by atoms with van der Waals surface area (Å²) < 4.78 is 24.6. The van der Waals surface area contributed by atoms with Gasteiger partial charge in [-0.05, 0) is 58.3 Å². The first-order valence-electron chi connectivity index (χ1n) is 17.5. The molecule has 0 aromatic rings. The zero-order valence-corrected chi connectivity index (χ0v) is 27.9. The first-order chi connectivity index (χ1) is 19.0. The van der Waals surface area contributed by atoms with E-state index in [4.69, 9.17) is 18.9 Å². The number of hydrogen-bond acceptors (Lipinski definition) is 4. The fourth-order valence-electron chi connectivity index (χ4n) is 6.15. The number of hydrogen-bond donors (Lipinski definition) is 0. The van der Waals surface area contributed by atoms with Crippen molar-refractivity contribution in [3.05, 3.63) is 0 Å². The SMILES string of the molecule is CCCCCCCCC(CCCOCCCCCCCCCC(CC)(CC)CC)C(OCC)(OCC)OCC. The number of rotatable bonds is 31. The van der Waals surface area contributed by atoms with Crippen LogP contribution in [0.1, 0.15) is 177 Å². The van der Waals surface area contributed by atoms with Crippen molar-refractivity contribution in [3.8, 4) is 0 Å². The maximum atomic E-state index is 6.17. The minimum atomic E-state index is -0.910. The van der Waals surface area contributed by atoms with Gasteiger partial charge in [0.05, 0.1) is 0 Å². The second kappa shape index (κ2) is 26.7. The summed E-state index contributed by atoms with van der Waals surface area (Å²) in [6.07, 6.45) is 25.8. The summed E-state index contributed by atoms with van der Waals surface area (Å²) in [5.41, 5.74) is 0.613. The molecule has 1 unspecified atom stereocenters. The molecule has 0 bridgehead atoms. The van der Waals surface area contributed by atoms with Crippen molar-refractivity contribution in [2.75, 3.05) is 33.0 Å². The second-order valence-corrected chi connectivity index (χ2v) is 11.7. The van der Waals surface area contributed by atoms with E-state index in [9.17, 15) is 0 Å². The second-order valence-electron chi connectivity index (χ2n) is 11.7. The van der Waals surface area contributed by atoms with E-state index in [-0.39, 0.29) is 5.92 Å². The van der Waals surface area contributed by atoms with E-state index in [1.54, 1.807) is 0 Å². The molecule has 1 atom stereocenters. The molecule has 0 rings (SSSR count). The summed E-state index contributed by atoms with van der Waals surface area (Å²) in [5, 5.41) is 0. The van der Waals surface area contributed by atoms with Crippen molar-refractivity contribution in [1.82, 2.24) is 0 Å². The van der Waals surface area contributed by atoms with Gasteiger partial charge in [0.2, 0.25) is 0 Å². The maximum Gasteiger partial charge on any atom is 0.285 e. The van der Waals surface area contributed by atoms with Crippen molar-refractivity contribution in [2.45, 2.75) is 183 Å². The Morgan fingerprint density at radius 2 is 0.897 bits per heavy atom. The van der Waals surface area contributed by atoms with E-state index in [2.05, 4.69) is 27.7 Å². The number of ether oxygens (including phenoxy) is 4. The first-order valence-corrected chi connectivity index (χ1v) is 17.5. The van der Waals surface area contributed by atoms with Gasteiger partial charge in [-0.25, -0.2) is 0 Å². The molecule has 0 aliphatic rings. The Morgan fingerprint density at radius 1 is 0.462 bits per heavy atom. The summed E-state index contributed by atoms with van der Waals surface area (Å²) in [7, 11) is 0. The molecular formula is C35H72O4. The highest BCUT2D eigenvalue weighted by Gasteiger charge is 2.41. The lowest BCUT2D eigenvalue weighted by Crippen LogP contribution is -2.47. The van der Waals surface area contributed by atoms with Crippen molar-refractivity contribution >= 4 is 0 Å². The highest BCUT2D eigenvalue weighted by molar-refractivity contribution is 4.75. The summed E-state index contributed by atoms with van der Waals surface area (Å²) in [5.74, 6) is -0.670. The Kier molecular flexibility index (Phi) is 26.6. The van der Waals surface area contributed by atoms with Crippen molar-refractivity contribution in [2.24, 2.45) is 11.3 Å². The molecule has 236 valence electrons. The fourth-order valence-corrected chi connectivity index (χ4v) is 6.15. The third-order valence-electron chi connectivity index (χ3n) is 9.03. The Morgan fingerprint density at radius 3 is 1.41 bits per heavy atom. The van der Waals surface area contributed by atoms with E-state index in [0.29, 0.717) is 25.2 Å². The lowest BCUT2D eigenvalue weighted by Gasteiger charge is -2.39. The van der Waals surface area contributed by atoms with Crippen LogP contribution < -0.4 is 0 Å². The molecule has 4 nitrogen and oxygen atoms in total. The Balaban J connectivity index is 4.26. The lowest BCUT2D eigenvalue weighted by atomic mass is 9.75. The van der Waals surface area contributed by atoms with E-state index in [1.165, 1.54) is 109 Å². The lowest BCUT2D eigenvalue weighted by molar-refractivity contribution is -0.403. The molecule has 0 spiro atoms. The van der Waals surface area contributed by atoms with Gasteiger partial charge in [-0.2, -0.15) is 0 Å². The quantitative estimate of drug-likeness (QED) is 0.0628. The van der Waals surface area contributed by atoms with Gasteiger partial charge < -0.3 is 18.9 Å². The molecule has 0 saturated carbocycles. The molecule has 0 fully saturated rings. The summed E-state index contributed by atoms with van der Waals surface area (Å²) in [6, 6.07) is 0. The molecule has 0 aliphatic heterocycles.